The minimum atomic E-state index is -4.06. The van der Waals surface area contributed by atoms with Crippen molar-refractivity contribution in [3.63, 3.8) is 0 Å². The Morgan fingerprint density at radius 1 is 1.00 bits per heavy atom. The lowest BCUT2D eigenvalue weighted by molar-refractivity contribution is -0.121. The first-order valence-electron chi connectivity index (χ1n) is 9.32. The average molecular weight is 494 g/mol. The van der Waals surface area contributed by atoms with E-state index in [4.69, 9.17) is 23.2 Å². The van der Waals surface area contributed by atoms with Crippen LogP contribution in [-0.4, -0.2) is 31.4 Å². The van der Waals surface area contributed by atoms with Crippen LogP contribution in [-0.2, 0) is 21.4 Å². The second-order valence-electron chi connectivity index (χ2n) is 6.67. The molecule has 1 amide bonds. The number of amides is 1. The lowest BCUT2D eigenvalue weighted by atomic mass is 10.2. The molecule has 0 saturated carbocycles. The van der Waals surface area contributed by atoms with Gasteiger partial charge in [0.25, 0.3) is 5.91 Å². The number of nitrogens with one attached hydrogen (secondary N) is 1. The van der Waals surface area contributed by atoms with Crippen LogP contribution < -0.4 is 5.43 Å². The standard InChI is InChI=1S/C22H18Cl2FN3O3S/c23-18-7-11-20(12-8-18)32(30,31)28(14-16-5-9-19(25)10-6-16)15-22(29)27-26-13-17-3-1-2-4-21(17)24/h1-13H,14-15H2,(H,27,29)/b26-13-. The van der Waals surface area contributed by atoms with E-state index in [-0.39, 0.29) is 11.4 Å². The lowest BCUT2D eigenvalue weighted by Gasteiger charge is -2.21. The molecule has 32 heavy (non-hydrogen) atoms. The van der Waals surface area contributed by atoms with Gasteiger partial charge in [0.05, 0.1) is 17.7 Å². The average Bonchev–Trinajstić information content (AvgIpc) is 2.76. The highest BCUT2D eigenvalue weighted by atomic mass is 35.5. The molecule has 0 fully saturated rings. The van der Waals surface area contributed by atoms with Crippen LogP contribution in [0.2, 0.25) is 10.0 Å². The van der Waals surface area contributed by atoms with Crippen LogP contribution in [0.4, 0.5) is 4.39 Å². The Bertz CT molecular complexity index is 1220. The summed E-state index contributed by atoms with van der Waals surface area (Å²) in [7, 11) is -4.06. The normalized spacial score (nSPS) is 11.8. The molecule has 0 spiro atoms. The molecule has 0 unspecified atom stereocenters. The zero-order valence-corrected chi connectivity index (χ0v) is 18.9. The van der Waals surface area contributed by atoms with Crippen molar-refractivity contribution in [1.82, 2.24) is 9.73 Å². The van der Waals surface area contributed by atoms with Gasteiger partial charge in [-0.2, -0.15) is 9.41 Å². The number of benzene rings is 3. The third-order valence-electron chi connectivity index (χ3n) is 4.34. The largest absolute Gasteiger partial charge is 0.272 e. The molecule has 0 aliphatic carbocycles. The van der Waals surface area contributed by atoms with Crippen molar-refractivity contribution in [3.05, 3.63) is 99.8 Å². The van der Waals surface area contributed by atoms with Crippen LogP contribution in [0.15, 0.2) is 82.8 Å². The Labute approximate surface area is 195 Å². The monoisotopic (exact) mass is 493 g/mol. The zero-order valence-electron chi connectivity index (χ0n) is 16.6. The molecular weight excluding hydrogens is 476 g/mol. The van der Waals surface area contributed by atoms with Crippen molar-refractivity contribution in [3.8, 4) is 0 Å². The van der Waals surface area contributed by atoms with E-state index in [0.717, 1.165) is 4.31 Å². The predicted octanol–water partition coefficient (Wildman–Crippen LogP) is 4.47. The van der Waals surface area contributed by atoms with Gasteiger partial charge in [-0.05, 0) is 48.0 Å². The molecular formula is C22H18Cl2FN3O3S. The van der Waals surface area contributed by atoms with E-state index in [2.05, 4.69) is 10.5 Å². The van der Waals surface area contributed by atoms with Crippen molar-refractivity contribution in [1.29, 1.82) is 0 Å². The molecule has 0 atom stereocenters. The molecule has 166 valence electrons. The summed E-state index contributed by atoms with van der Waals surface area (Å²) in [6.45, 7) is -0.658. The summed E-state index contributed by atoms with van der Waals surface area (Å²) in [6.07, 6.45) is 1.36. The highest BCUT2D eigenvalue weighted by Crippen LogP contribution is 2.20. The van der Waals surface area contributed by atoms with E-state index in [0.29, 0.717) is 21.2 Å². The first-order valence-corrected chi connectivity index (χ1v) is 11.5. The van der Waals surface area contributed by atoms with E-state index in [1.807, 2.05) is 0 Å². The van der Waals surface area contributed by atoms with Crippen molar-refractivity contribution in [2.45, 2.75) is 11.4 Å². The van der Waals surface area contributed by atoms with Gasteiger partial charge in [-0.3, -0.25) is 4.79 Å². The highest BCUT2D eigenvalue weighted by molar-refractivity contribution is 7.89. The number of rotatable bonds is 8. The maximum absolute atomic E-state index is 13.2. The third-order valence-corrected chi connectivity index (χ3v) is 6.74. The van der Waals surface area contributed by atoms with Crippen LogP contribution in [0.25, 0.3) is 0 Å². The third kappa shape index (κ3) is 6.37. The molecule has 0 saturated heterocycles. The Morgan fingerprint density at radius 3 is 2.31 bits per heavy atom. The summed E-state index contributed by atoms with van der Waals surface area (Å²) in [5, 5.41) is 4.67. The van der Waals surface area contributed by atoms with E-state index in [9.17, 15) is 17.6 Å². The number of hydrogen-bond acceptors (Lipinski definition) is 4. The minimum Gasteiger partial charge on any atom is -0.272 e. The van der Waals surface area contributed by atoms with Crippen LogP contribution in [0.5, 0.6) is 0 Å². The summed E-state index contributed by atoms with van der Waals surface area (Å²) >= 11 is 11.9. The number of halogens is 3. The number of sulfonamides is 1. The van der Waals surface area contributed by atoms with E-state index >= 15 is 0 Å². The number of nitrogens with zero attached hydrogens (tertiary/aromatic N) is 2. The summed E-state index contributed by atoms with van der Waals surface area (Å²) in [6, 6.07) is 17.8. The predicted molar refractivity (Wildman–Crippen MR) is 123 cm³/mol. The molecule has 0 aromatic heterocycles. The van der Waals surface area contributed by atoms with Crippen molar-refractivity contribution in [2.24, 2.45) is 5.10 Å². The number of carbonyl (C=O) groups excluding carboxylic acids is 1. The summed E-state index contributed by atoms with van der Waals surface area (Å²) in [5.74, 6) is -1.11. The maximum atomic E-state index is 13.2. The van der Waals surface area contributed by atoms with Gasteiger partial charge in [0, 0.05) is 22.2 Å². The quantitative estimate of drug-likeness (QED) is 0.371. The SMILES string of the molecule is O=C(CN(Cc1ccc(F)cc1)S(=O)(=O)c1ccc(Cl)cc1)N/N=C\c1ccccc1Cl. The molecule has 1 N–H and O–H groups in total. The van der Waals surface area contributed by atoms with E-state index in [1.54, 1.807) is 24.3 Å². The maximum Gasteiger partial charge on any atom is 0.255 e. The fourth-order valence-electron chi connectivity index (χ4n) is 2.72. The van der Waals surface area contributed by atoms with Gasteiger partial charge in [0.15, 0.2) is 0 Å². The minimum absolute atomic E-state index is 0.0311. The zero-order chi connectivity index (χ0) is 23.1. The highest BCUT2D eigenvalue weighted by Gasteiger charge is 2.27. The van der Waals surface area contributed by atoms with Gasteiger partial charge in [0.2, 0.25) is 10.0 Å². The molecule has 3 aromatic carbocycles. The molecule has 0 aliphatic rings. The van der Waals surface area contributed by atoms with Crippen molar-refractivity contribution in [2.75, 3.05) is 6.54 Å². The second kappa shape index (κ2) is 10.7. The van der Waals surface area contributed by atoms with Gasteiger partial charge in [-0.1, -0.05) is 53.5 Å². The molecule has 10 heteroatoms. The van der Waals surface area contributed by atoms with Crippen molar-refractivity contribution >= 4 is 45.3 Å². The molecule has 3 rings (SSSR count). The fraction of sp³-hybridized carbons (Fsp3) is 0.0909. The number of hydrazone groups is 1. The fourth-order valence-corrected chi connectivity index (χ4v) is 4.42. The second-order valence-corrected chi connectivity index (χ2v) is 9.45. The van der Waals surface area contributed by atoms with Gasteiger partial charge in [-0.25, -0.2) is 18.2 Å². The number of carbonyl (C=O) groups is 1. The smallest absolute Gasteiger partial charge is 0.255 e. The molecule has 0 radical (unpaired) electrons. The molecule has 6 nitrogen and oxygen atoms in total. The molecule has 3 aromatic rings. The Hall–Kier alpha value is -2.78. The molecule has 0 heterocycles. The summed E-state index contributed by atoms with van der Waals surface area (Å²) < 4.78 is 40.5. The van der Waals surface area contributed by atoms with Crippen LogP contribution in [0.1, 0.15) is 11.1 Å². The van der Waals surface area contributed by atoms with Crippen LogP contribution >= 0.6 is 23.2 Å². The summed E-state index contributed by atoms with van der Waals surface area (Å²) in [4.78, 5) is 12.4. The summed E-state index contributed by atoms with van der Waals surface area (Å²) in [5.41, 5.74) is 3.40. The Balaban J connectivity index is 1.80. The molecule has 0 bridgehead atoms. The first kappa shape index (κ1) is 23.9. The van der Waals surface area contributed by atoms with E-state index in [1.165, 1.54) is 54.7 Å². The van der Waals surface area contributed by atoms with Gasteiger partial charge in [-0.15, -0.1) is 0 Å². The Morgan fingerprint density at radius 2 is 1.66 bits per heavy atom. The lowest BCUT2D eigenvalue weighted by Crippen LogP contribution is -2.39. The van der Waals surface area contributed by atoms with Crippen LogP contribution in [0.3, 0.4) is 0 Å². The molecule has 0 aliphatic heterocycles. The van der Waals surface area contributed by atoms with Crippen molar-refractivity contribution < 1.29 is 17.6 Å². The number of hydrogen-bond donors (Lipinski definition) is 1. The van der Waals surface area contributed by atoms with E-state index < -0.39 is 28.3 Å². The van der Waals surface area contributed by atoms with Gasteiger partial charge < -0.3 is 0 Å². The van der Waals surface area contributed by atoms with Crippen LogP contribution in [0, 0.1) is 5.82 Å². The first-order chi connectivity index (χ1) is 15.3. The Kier molecular flexibility index (Phi) is 7.98. The van der Waals surface area contributed by atoms with Gasteiger partial charge >= 0.3 is 0 Å². The van der Waals surface area contributed by atoms with Gasteiger partial charge in [0.1, 0.15) is 5.82 Å². The topological polar surface area (TPSA) is 78.8 Å².